The number of aromatic nitrogens is 1. The molecule has 1 saturated heterocycles. The van der Waals surface area contributed by atoms with Crippen LogP contribution in [0.4, 0.5) is 0 Å². The highest BCUT2D eigenvalue weighted by Gasteiger charge is 2.13. The Labute approximate surface area is 171 Å². The van der Waals surface area contributed by atoms with Crippen LogP contribution in [-0.2, 0) is 4.79 Å². The Morgan fingerprint density at radius 1 is 1.15 bits per heavy atom. The van der Waals surface area contributed by atoms with Gasteiger partial charge in [-0.2, -0.15) is 0 Å². The van der Waals surface area contributed by atoms with Crippen LogP contribution in [-0.4, -0.2) is 37.1 Å². The number of nitrogens with one attached hydrogen (secondary N) is 2. The maximum Gasteiger partial charge on any atom is 0.257 e. The van der Waals surface area contributed by atoms with Gasteiger partial charge in [0.05, 0.1) is 0 Å². The lowest BCUT2D eigenvalue weighted by atomic mass is 10.00. The van der Waals surface area contributed by atoms with Crippen LogP contribution in [0.2, 0.25) is 0 Å². The molecule has 0 bridgehead atoms. The highest BCUT2D eigenvalue weighted by Crippen LogP contribution is 2.22. The first kappa shape index (κ1) is 23.0. The summed E-state index contributed by atoms with van der Waals surface area (Å²) in [7, 11) is 0. The largest absolute Gasteiger partial charge is 0.484 e. The summed E-state index contributed by atoms with van der Waals surface area (Å²) in [6.45, 7) is 2.76. The van der Waals surface area contributed by atoms with Crippen molar-refractivity contribution in [1.29, 1.82) is 0 Å². The van der Waals surface area contributed by atoms with Gasteiger partial charge in [0.2, 0.25) is 5.88 Å². The quantitative estimate of drug-likeness (QED) is 0.728. The first-order chi connectivity index (χ1) is 12.3. The monoisotopic (exact) mass is 413 g/mol. The Balaban J connectivity index is 0.00000182. The zero-order valence-corrected chi connectivity index (χ0v) is 16.6. The van der Waals surface area contributed by atoms with Gasteiger partial charge in [-0.15, -0.1) is 24.8 Å². The minimum absolute atomic E-state index is 0. The second-order valence-corrected chi connectivity index (χ2v) is 6.05. The minimum atomic E-state index is -0.0978. The molecule has 148 valence electrons. The van der Waals surface area contributed by atoms with Gasteiger partial charge in [-0.05, 0) is 62.2 Å². The number of rotatable bonds is 7. The van der Waals surface area contributed by atoms with E-state index < -0.39 is 0 Å². The number of amides is 1. The number of pyridine rings is 1. The Kier molecular flexibility index (Phi) is 10.6. The summed E-state index contributed by atoms with van der Waals surface area (Å²) in [5.74, 6) is 2.25. The lowest BCUT2D eigenvalue weighted by Crippen LogP contribution is -2.39. The van der Waals surface area contributed by atoms with E-state index in [0.29, 0.717) is 29.8 Å². The van der Waals surface area contributed by atoms with Gasteiger partial charge in [0.1, 0.15) is 11.5 Å². The minimum Gasteiger partial charge on any atom is -0.484 e. The molecular formula is C19H25Cl2N3O3. The molecule has 1 amide bonds. The second-order valence-electron chi connectivity index (χ2n) is 6.05. The number of hydrogen-bond donors (Lipinski definition) is 2. The van der Waals surface area contributed by atoms with Gasteiger partial charge in [0.15, 0.2) is 6.61 Å². The predicted molar refractivity (Wildman–Crippen MR) is 109 cm³/mol. The zero-order valence-electron chi connectivity index (χ0n) is 14.9. The molecule has 1 fully saturated rings. The van der Waals surface area contributed by atoms with Crippen molar-refractivity contribution in [3.63, 3.8) is 0 Å². The van der Waals surface area contributed by atoms with Crippen LogP contribution in [0, 0.1) is 5.92 Å². The molecule has 1 aromatic carbocycles. The van der Waals surface area contributed by atoms with Crippen LogP contribution in [0.1, 0.15) is 12.8 Å². The van der Waals surface area contributed by atoms with Crippen LogP contribution in [0.25, 0.3) is 0 Å². The van der Waals surface area contributed by atoms with Crippen molar-refractivity contribution in [3.05, 3.63) is 48.7 Å². The van der Waals surface area contributed by atoms with E-state index in [0.717, 1.165) is 19.5 Å². The zero-order chi connectivity index (χ0) is 17.3. The molecule has 1 aromatic heterocycles. The van der Waals surface area contributed by atoms with E-state index in [1.54, 1.807) is 36.5 Å². The molecule has 0 radical (unpaired) electrons. The normalized spacial score (nSPS) is 15.6. The molecule has 0 aliphatic carbocycles. The molecular weight excluding hydrogens is 389 g/mol. The number of ether oxygens (including phenoxy) is 2. The number of halogens is 2. The lowest BCUT2D eigenvalue weighted by molar-refractivity contribution is -0.123. The summed E-state index contributed by atoms with van der Waals surface area (Å²) >= 11 is 0. The smallest absolute Gasteiger partial charge is 0.257 e. The maximum atomic E-state index is 11.9. The van der Waals surface area contributed by atoms with Crippen LogP contribution in [0.15, 0.2) is 48.7 Å². The van der Waals surface area contributed by atoms with E-state index in [9.17, 15) is 4.79 Å². The van der Waals surface area contributed by atoms with E-state index in [-0.39, 0.29) is 37.3 Å². The van der Waals surface area contributed by atoms with E-state index >= 15 is 0 Å². The summed E-state index contributed by atoms with van der Waals surface area (Å²) in [6, 6.07) is 12.6. The van der Waals surface area contributed by atoms with Gasteiger partial charge in [0.25, 0.3) is 5.91 Å². The molecule has 1 aliphatic heterocycles. The maximum absolute atomic E-state index is 11.9. The third-order valence-corrected chi connectivity index (χ3v) is 4.04. The van der Waals surface area contributed by atoms with Crippen molar-refractivity contribution in [2.45, 2.75) is 12.8 Å². The van der Waals surface area contributed by atoms with Crippen molar-refractivity contribution in [3.8, 4) is 17.4 Å². The lowest BCUT2D eigenvalue weighted by Gasteiger charge is -2.22. The van der Waals surface area contributed by atoms with Crippen molar-refractivity contribution >= 4 is 30.7 Å². The molecule has 3 rings (SSSR count). The fraction of sp³-hybridized carbons (Fsp3) is 0.368. The second kappa shape index (κ2) is 12.4. The molecule has 2 heterocycles. The number of carbonyl (C=O) groups excluding carboxylic acids is 1. The Bertz CT molecular complexity index is 666. The van der Waals surface area contributed by atoms with E-state index in [1.807, 2.05) is 12.1 Å². The summed E-state index contributed by atoms with van der Waals surface area (Å²) < 4.78 is 11.1. The Morgan fingerprint density at radius 3 is 2.59 bits per heavy atom. The molecule has 1 atom stereocenters. The summed E-state index contributed by atoms with van der Waals surface area (Å²) in [4.78, 5) is 16.0. The first-order valence-corrected chi connectivity index (χ1v) is 8.59. The first-order valence-electron chi connectivity index (χ1n) is 8.59. The van der Waals surface area contributed by atoms with Gasteiger partial charge in [-0.25, -0.2) is 4.98 Å². The highest BCUT2D eigenvalue weighted by molar-refractivity contribution is 5.85. The standard InChI is InChI=1S/C19H23N3O3.2ClH/c23-18(22-13-15-4-3-10-20-12-15)14-24-16-6-8-17(9-7-16)25-19-5-1-2-11-21-19;;/h1-2,5-9,11,15,20H,3-4,10,12-14H2,(H,22,23);2*1H. The fourth-order valence-electron chi connectivity index (χ4n) is 2.69. The number of nitrogens with zero attached hydrogens (tertiary/aromatic N) is 1. The third-order valence-electron chi connectivity index (χ3n) is 4.04. The topological polar surface area (TPSA) is 72.5 Å². The molecule has 27 heavy (non-hydrogen) atoms. The average Bonchev–Trinajstić information content (AvgIpc) is 2.67. The summed E-state index contributed by atoms with van der Waals surface area (Å²) in [5.41, 5.74) is 0. The van der Waals surface area contributed by atoms with Crippen LogP contribution < -0.4 is 20.1 Å². The predicted octanol–water partition coefficient (Wildman–Crippen LogP) is 3.21. The van der Waals surface area contributed by atoms with E-state index in [1.165, 1.54) is 6.42 Å². The van der Waals surface area contributed by atoms with Gasteiger partial charge in [-0.1, -0.05) is 6.07 Å². The number of hydrogen-bond acceptors (Lipinski definition) is 5. The molecule has 0 saturated carbocycles. The van der Waals surface area contributed by atoms with Crippen molar-refractivity contribution in [2.75, 3.05) is 26.2 Å². The molecule has 1 unspecified atom stereocenters. The molecule has 0 spiro atoms. The molecule has 6 nitrogen and oxygen atoms in total. The highest BCUT2D eigenvalue weighted by atomic mass is 35.5. The number of benzene rings is 1. The van der Waals surface area contributed by atoms with Crippen molar-refractivity contribution < 1.29 is 14.3 Å². The third kappa shape index (κ3) is 8.03. The van der Waals surface area contributed by atoms with Gasteiger partial charge in [0, 0.05) is 18.8 Å². The van der Waals surface area contributed by atoms with Gasteiger partial charge in [-0.3, -0.25) is 4.79 Å². The van der Waals surface area contributed by atoms with Crippen LogP contribution in [0.3, 0.4) is 0 Å². The molecule has 1 aliphatic rings. The van der Waals surface area contributed by atoms with E-state index in [2.05, 4.69) is 15.6 Å². The van der Waals surface area contributed by atoms with Gasteiger partial charge >= 0.3 is 0 Å². The number of piperidine rings is 1. The van der Waals surface area contributed by atoms with E-state index in [4.69, 9.17) is 9.47 Å². The average molecular weight is 414 g/mol. The Hall–Kier alpha value is -2.02. The SMILES string of the molecule is Cl.Cl.O=C(COc1ccc(Oc2ccccn2)cc1)NCC1CCCNC1. The fourth-order valence-corrected chi connectivity index (χ4v) is 2.69. The van der Waals surface area contributed by atoms with Crippen molar-refractivity contribution in [2.24, 2.45) is 5.92 Å². The molecule has 8 heteroatoms. The Morgan fingerprint density at radius 2 is 1.93 bits per heavy atom. The van der Waals surface area contributed by atoms with Gasteiger partial charge < -0.3 is 20.1 Å². The van der Waals surface area contributed by atoms with Crippen LogP contribution >= 0.6 is 24.8 Å². The summed E-state index contributed by atoms with van der Waals surface area (Å²) in [5, 5.41) is 6.27. The molecule has 2 aromatic rings. The number of carbonyl (C=O) groups is 1. The summed E-state index contributed by atoms with van der Waals surface area (Å²) in [6.07, 6.45) is 4.00. The van der Waals surface area contributed by atoms with Crippen molar-refractivity contribution in [1.82, 2.24) is 15.6 Å². The van der Waals surface area contributed by atoms with Crippen LogP contribution in [0.5, 0.6) is 17.4 Å². The molecule has 2 N–H and O–H groups in total.